The number of aromatic nitrogens is 1. The summed E-state index contributed by atoms with van der Waals surface area (Å²) in [5.41, 5.74) is 0.871. The van der Waals surface area contributed by atoms with Gasteiger partial charge < -0.3 is 15.0 Å². The molecule has 126 valence electrons. The van der Waals surface area contributed by atoms with E-state index in [0.29, 0.717) is 19.8 Å². The lowest BCUT2D eigenvalue weighted by Crippen LogP contribution is -2.36. The van der Waals surface area contributed by atoms with Crippen molar-refractivity contribution < 1.29 is 13.9 Å². The molecule has 1 N–H and O–H groups in total. The normalized spacial score (nSPS) is 14.5. The number of benzene rings is 1. The van der Waals surface area contributed by atoms with Gasteiger partial charge in [0.1, 0.15) is 11.6 Å². The predicted molar refractivity (Wildman–Crippen MR) is 89.8 cm³/mol. The highest BCUT2D eigenvalue weighted by Gasteiger charge is 2.14. The van der Waals surface area contributed by atoms with Gasteiger partial charge >= 0.3 is 0 Å². The fourth-order valence-corrected chi connectivity index (χ4v) is 2.65. The summed E-state index contributed by atoms with van der Waals surface area (Å²) in [6.45, 7) is 3.23. The quantitative estimate of drug-likeness (QED) is 0.922. The Hall–Kier alpha value is -2.18. The van der Waals surface area contributed by atoms with Crippen LogP contribution in [0.2, 0.25) is 5.02 Å². The van der Waals surface area contributed by atoms with Crippen molar-refractivity contribution in [2.24, 2.45) is 0 Å². The Morgan fingerprint density at radius 2 is 2.08 bits per heavy atom. The number of pyridine rings is 1. The first-order valence-corrected chi connectivity index (χ1v) is 8.02. The molecule has 0 saturated carbocycles. The molecule has 1 saturated heterocycles. The van der Waals surface area contributed by atoms with E-state index in [-0.39, 0.29) is 10.6 Å². The zero-order chi connectivity index (χ0) is 16.9. The van der Waals surface area contributed by atoms with E-state index < -0.39 is 11.7 Å². The van der Waals surface area contributed by atoms with E-state index in [4.69, 9.17) is 16.3 Å². The fraction of sp³-hybridized carbons (Fsp3) is 0.294. The van der Waals surface area contributed by atoms with Crippen LogP contribution in [0.3, 0.4) is 0 Å². The van der Waals surface area contributed by atoms with Gasteiger partial charge in [-0.15, -0.1) is 0 Å². The van der Waals surface area contributed by atoms with Gasteiger partial charge in [-0.1, -0.05) is 11.6 Å². The molecule has 7 heteroatoms. The molecule has 1 amide bonds. The van der Waals surface area contributed by atoms with E-state index in [1.807, 2.05) is 12.1 Å². The van der Waals surface area contributed by atoms with Crippen LogP contribution in [-0.4, -0.2) is 37.2 Å². The van der Waals surface area contributed by atoms with Crippen molar-refractivity contribution in [3.05, 3.63) is 58.5 Å². The maximum atomic E-state index is 13.8. The van der Waals surface area contributed by atoms with Gasteiger partial charge in [-0.3, -0.25) is 4.79 Å². The second kappa shape index (κ2) is 7.59. The van der Waals surface area contributed by atoms with E-state index in [1.54, 1.807) is 6.20 Å². The Morgan fingerprint density at radius 3 is 2.83 bits per heavy atom. The lowest BCUT2D eigenvalue weighted by Gasteiger charge is -2.28. The first-order valence-electron chi connectivity index (χ1n) is 7.64. The highest BCUT2D eigenvalue weighted by atomic mass is 35.5. The fourth-order valence-electron chi connectivity index (χ4n) is 2.49. The molecular weight excluding hydrogens is 333 g/mol. The van der Waals surface area contributed by atoms with E-state index in [9.17, 15) is 9.18 Å². The first-order chi connectivity index (χ1) is 11.6. The molecule has 0 atom stereocenters. The van der Waals surface area contributed by atoms with E-state index in [0.717, 1.165) is 30.5 Å². The Kier molecular flexibility index (Phi) is 5.27. The minimum atomic E-state index is -0.635. The van der Waals surface area contributed by atoms with Crippen LogP contribution in [0.1, 0.15) is 15.9 Å². The van der Waals surface area contributed by atoms with Crippen molar-refractivity contribution in [1.82, 2.24) is 10.3 Å². The van der Waals surface area contributed by atoms with Gasteiger partial charge in [-0.2, -0.15) is 0 Å². The summed E-state index contributed by atoms with van der Waals surface area (Å²) < 4.78 is 19.1. The number of nitrogens with one attached hydrogen (secondary N) is 1. The second-order valence-corrected chi connectivity index (χ2v) is 5.86. The van der Waals surface area contributed by atoms with E-state index in [1.165, 1.54) is 12.1 Å². The zero-order valence-corrected chi connectivity index (χ0v) is 13.7. The summed E-state index contributed by atoms with van der Waals surface area (Å²) >= 11 is 5.69. The average Bonchev–Trinajstić information content (AvgIpc) is 2.61. The van der Waals surface area contributed by atoms with Gasteiger partial charge in [0.05, 0.1) is 18.8 Å². The number of morpholine rings is 1. The molecule has 1 fully saturated rings. The molecule has 0 radical (unpaired) electrons. The van der Waals surface area contributed by atoms with Crippen molar-refractivity contribution in [2.45, 2.75) is 6.54 Å². The van der Waals surface area contributed by atoms with E-state index in [2.05, 4.69) is 15.2 Å². The Bertz CT molecular complexity index is 736. The molecule has 2 heterocycles. The molecule has 3 rings (SSSR count). The third-order valence-electron chi connectivity index (χ3n) is 3.77. The number of ether oxygens (including phenoxy) is 1. The van der Waals surface area contributed by atoms with Gasteiger partial charge in [-0.05, 0) is 35.9 Å². The largest absolute Gasteiger partial charge is 0.378 e. The molecule has 0 unspecified atom stereocenters. The number of anilines is 1. The summed E-state index contributed by atoms with van der Waals surface area (Å²) in [6.07, 6.45) is 1.70. The van der Waals surface area contributed by atoms with Crippen molar-refractivity contribution >= 4 is 23.3 Å². The lowest BCUT2D eigenvalue weighted by molar-refractivity contribution is 0.0947. The van der Waals surface area contributed by atoms with Crippen molar-refractivity contribution in [3.63, 3.8) is 0 Å². The molecule has 1 aromatic heterocycles. The topological polar surface area (TPSA) is 54.5 Å². The predicted octanol–water partition coefficient (Wildman–Crippen LogP) is 2.64. The van der Waals surface area contributed by atoms with Gasteiger partial charge in [-0.25, -0.2) is 9.37 Å². The maximum absolute atomic E-state index is 13.8. The standard InChI is InChI=1S/C17H17ClFN3O2/c18-13-1-2-14(15(19)10-13)17(23)21-11-12-3-4-20-16(9-12)22-5-7-24-8-6-22/h1-4,9-10H,5-8,11H2,(H,21,23). The molecular formula is C17H17ClFN3O2. The number of nitrogens with zero attached hydrogens (tertiary/aromatic N) is 2. The number of carbonyl (C=O) groups excluding carboxylic acids is 1. The molecule has 0 spiro atoms. The van der Waals surface area contributed by atoms with Crippen LogP contribution in [0, 0.1) is 5.82 Å². The summed E-state index contributed by atoms with van der Waals surface area (Å²) in [6, 6.07) is 7.73. The van der Waals surface area contributed by atoms with Crippen molar-refractivity contribution in [3.8, 4) is 0 Å². The highest BCUT2D eigenvalue weighted by molar-refractivity contribution is 6.30. The molecule has 24 heavy (non-hydrogen) atoms. The van der Waals surface area contributed by atoms with Gasteiger partial charge in [0.25, 0.3) is 5.91 Å². The molecule has 1 aromatic carbocycles. The zero-order valence-electron chi connectivity index (χ0n) is 13.0. The van der Waals surface area contributed by atoms with E-state index >= 15 is 0 Å². The summed E-state index contributed by atoms with van der Waals surface area (Å²) in [5, 5.41) is 2.97. The molecule has 0 aliphatic carbocycles. The SMILES string of the molecule is O=C(NCc1ccnc(N2CCOCC2)c1)c1ccc(Cl)cc1F. The smallest absolute Gasteiger partial charge is 0.254 e. The minimum Gasteiger partial charge on any atom is -0.378 e. The monoisotopic (exact) mass is 349 g/mol. The number of hydrogen-bond acceptors (Lipinski definition) is 4. The number of hydrogen-bond donors (Lipinski definition) is 1. The summed E-state index contributed by atoms with van der Waals surface area (Å²) in [5.74, 6) is -0.264. The number of amides is 1. The van der Waals surface area contributed by atoms with Crippen LogP contribution in [0.15, 0.2) is 36.5 Å². The summed E-state index contributed by atoms with van der Waals surface area (Å²) in [7, 11) is 0. The Morgan fingerprint density at radius 1 is 1.29 bits per heavy atom. The summed E-state index contributed by atoms with van der Waals surface area (Å²) in [4.78, 5) is 18.6. The third-order valence-corrected chi connectivity index (χ3v) is 4.01. The van der Waals surface area contributed by atoms with Crippen LogP contribution >= 0.6 is 11.6 Å². The second-order valence-electron chi connectivity index (χ2n) is 5.43. The number of halogens is 2. The third kappa shape index (κ3) is 4.01. The molecule has 1 aliphatic heterocycles. The first kappa shape index (κ1) is 16.7. The van der Waals surface area contributed by atoms with Crippen molar-refractivity contribution in [2.75, 3.05) is 31.2 Å². The highest BCUT2D eigenvalue weighted by Crippen LogP contribution is 2.16. The van der Waals surface area contributed by atoms with Gasteiger partial charge in [0.15, 0.2) is 0 Å². The number of rotatable bonds is 4. The average molecular weight is 350 g/mol. The molecule has 1 aliphatic rings. The Labute approximate surface area is 144 Å². The minimum absolute atomic E-state index is 0.0261. The van der Waals surface area contributed by atoms with Gasteiger partial charge in [0.2, 0.25) is 0 Å². The van der Waals surface area contributed by atoms with Crippen LogP contribution in [0.4, 0.5) is 10.2 Å². The molecule has 2 aromatic rings. The van der Waals surface area contributed by atoms with Crippen LogP contribution in [-0.2, 0) is 11.3 Å². The lowest BCUT2D eigenvalue weighted by atomic mass is 10.2. The number of carbonyl (C=O) groups is 1. The van der Waals surface area contributed by atoms with Crippen LogP contribution in [0.25, 0.3) is 0 Å². The van der Waals surface area contributed by atoms with Crippen LogP contribution in [0.5, 0.6) is 0 Å². The Balaban J connectivity index is 1.64. The van der Waals surface area contributed by atoms with Crippen molar-refractivity contribution in [1.29, 1.82) is 0 Å². The maximum Gasteiger partial charge on any atom is 0.254 e. The van der Waals surface area contributed by atoms with Gasteiger partial charge in [0, 0.05) is 30.9 Å². The molecule has 5 nitrogen and oxygen atoms in total. The molecule has 0 bridgehead atoms. The van der Waals surface area contributed by atoms with Crippen LogP contribution < -0.4 is 10.2 Å².